The molecular formula is C15H19F2N3O2. The molecule has 1 N–H and O–H groups in total. The van der Waals surface area contributed by atoms with Gasteiger partial charge >= 0.3 is 6.03 Å². The number of rotatable bonds is 3. The lowest BCUT2D eigenvalue weighted by Gasteiger charge is -2.17. The van der Waals surface area contributed by atoms with Crippen molar-refractivity contribution in [1.29, 1.82) is 0 Å². The van der Waals surface area contributed by atoms with Gasteiger partial charge in [-0.15, -0.1) is 0 Å². The summed E-state index contributed by atoms with van der Waals surface area (Å²) >= 11 is 0. The Hall–Kier alpha value is -1.92. The molecule has 0 atom stereocenters. The molecule has 2 fully saturated rings. The topological polar surface area (TPSA) is 54.5 Å². The van der Waals surface area contributed by atoms with Gasteiger partial charge in [0.1, 0.15) is 6.10 Å². The molecule has 1 saturated carbocycles. The van der Waals surface area contributed by atoms with Crippen molar-refractivity contribution in [3.63, 3.8) is 0 Å². The molecule has 5 nitrogen and oxygen atoms in total. The summed E-state index contributed by atoms with van der Waals surface area (Å²) in [6.45, 7) is -0.468. The van der Waals surface area contributed by atoms with E-state index in [4.69, 9.17) is 4.74 Å². The summed E-state index contributed by atoms with van der Waals surface area (Å²) in [5, 5.41) is 2.58. The summed E-state index contributed by atoms with van der Waals surface area (Å²) < 4.78 is 31.9. The van der Waals surface area contributed by atoms with Crippen molar-refractivity contribution in [2.75, 3.05) is 18.4 Å². The molecule has 3 rings (SSSR count). The number of halogens is 2. The van der Waals surface area contributed by atoms with E-state index >= 15 is 0 Å². The van der Waals surface area contributed by atoms with E-state index in [2.05, 4.69) is 10.3 Å². The molecule has 2 amide bonds. The Morgan fingerprint density at radius 3 is 2.73 bits per heavy atom. The van der Waals surface area contributed by atoms with Crippen LogP contribution in [0.5, 0.6) is 5.88 Å². The predicted octanol–water partition coefficient (Wildman–Crippen LogP) is 3.28. The average molecular weight is 311 g/mol. The monoisotopic (exact) mass is 311 g/mol. The zero-order valence-electron chi connectivity index (χ0n) is 12.2. The smallest absolute Gasteiger partial charge is 0.322 e. The first kappa shape index (κ1) is 15.0. The normalized spacial score (nSPS) is 21.1. The minimum atomic E-state index is -2.78. The lowest BCUT2D eigenvalue weighted by Crippen LogP contribution is -2.34. The van der Waals surface area contributed by atoms with Crippen LogP contribution in [-0.4, -0.2) is 41.0 Å². The number of amides is 2. The lowest BCUT2D eigenvalue weighted by atomic mass is 10.3. The molecule has 0 radical (unpaired) electrons. The third-order valence-electron chi connectivity index (χ3n) is 4.03. The highest BCUT2D eigenvalue weighted by molar-refractivity contribution is 5.89. The molecule has 2 aliphatic rings. The zero-order chi connectivity index (χ0) is 15.6. The van der Waals surface area contributed by atoms with Gasteiger partial charge in [-0.2, -0.15) is 0 Å². The molecule has 2 heterocycles. The molecule has 1 aromatic heterocycles. The van der Waals surface area contributed by atoms with Crippen molar-refractivity contribution < 1.29 is 18.3 Å². The van der Waals surface area contributed by atoms with Crippen LogP contribution in [0.2, 0.25) is 0 Å². The number of carbonyl (C=O) groups is 1. The molecule has 0 unspecified atom stereocenters. The van der Waals surface area contributed by atoms with Gasteiger partial charge in [-0.3, -0.25) is 0 Å². The van der Waals surface area contributed by atoms with Crippen molar-refractivity contribution >= 4 is 11.7 Å². The van der Waals surface area contributed by atoms with E-state index in [1.807, 2.05) is 0 Å². The van der Waals surface area contributed by atoms with Crippen molar-refractivity contribution in [2.24, 2.45) is 0 Å². The molecular weight excluding hydrogens is 292 g/mol. The highest BCUT2D eigenvalue weighted by atomic mass is 19.3. The Morgan fingerprint density at radius 2 is 2.14 bits per heavy atom. The van der Waals surface area contributed by atoms with Crippen molar-refractivity contribution in [2.45, 2.75) is 44.1 Å². The molecule has 1 saturated heterocycles. The molecule has 22 heavy (non-hydrogen) atoms. The number of alkyl halides is 2. The average Bonchev–Trinajstić information content (AvgIpc) is 3.10. The lowest BCUT2D eigenvalue weighted by molar-refractivity contribution is 0.0159. The molecule has 1 aromatic rings. The summed E-state index contributed by atoms with van der Waals surface area (Å²) in [6.07, 6.45) is 5.87. The SMILES string of the molecule is O=C(Nc1ccc(OC2CCCC2)nc1)N1CCC(F)(F)C1. The van der Waals surface area contributed by atoms with Gasteiger partial charge in [0.25, 0.3) is 5.92 Å². The van der Waals surface area contributed by atoms with Crippen LogP contribution in [0.3, 0.4) is 0 Å². The quantitative estimate of drug-likeness (QED) is 0.932. The molecule has 0 bridgehead atoms. The molecule has 7 heteroatoms. The molecule has 0 aromatic carbocycles. The maximum Gasteiger partial charge on any atom is 0.322 e. The Morgan fingerprint density at radius 1 is 1.36 bits per heavy atom. The molecule has 1 aliphatic heterocycles. The fraction of sp³-hybridized carbons (Fsp3) is 0.600. The van der Waals surface area contributed by atoms with Crippen LogP contribution in [0.4, 0.5) is 19.3 Å². The van der Waals surface area contributed by atoms with Crippen LogP contribution in [0.1, 0.15) is 32.1 Å². The summed E-state index contributed by atoms with van der Waals surface area (Å²) in [5.41, 5.74) is 0.471. The Labute approximate surface area is 127 Å². The van der Waals surface area contributed by atoms with Crippen LogP contribution >= 0.6 is 0 Å². The minimum Gasteiger partial charge on any atom is -0.474 e. The third-order valence-corrected chi connectivity index (χ3v) is 4.03. The van der Waals surface area contributed by atoms with Crippen LogP contribution < -0.4 is 10.1 Å². The van der Waals surface area contributed by atoms with Crippen LogP contribution in [-0.2, 0) is 0 Å². The number of aromatic nitrogens is 1. The van der Waals surface area contributed by atoms with E-state index in [0.717, 1.165) is 17.7 Å². The number of nitrogens with zero attached hydrogens (tertiary/aromatic N) is 2. The summed E-state index contributed by atoms with van der Waals surface area (Å²) in [4.78, 5) is 17.1. The first-order chi connectivity index (χ1) is 10.5. The standard InChI is InChI=1S/C15H19F2N3O2/c16-15(17)7-8-20(10-15)14(21)19-11-5-6-13(18-9-11)22-12-3-1-2-4-12/h5-6,9,12H,1-4,7-8,10H2,(H,19,21). The van der Waals surface area contributed by atoms with Crippen molar-refractivity contribution in [3.8, 4) is 5.88 Å². The van der Waals surface area contributed by atoms with Gasteiger partial charge < -0.3 is 15.0 Å². The maximum atomic E-state index is 13.1. The molecule has 1 aliphatic carbocycles. The van der Waals surface area contributed by atoms with Crippen LogP contribution in [0, 0.1) is 0 Å². The summed E-state index contributed by atoms with van der Waals surface area (Å²) in [5.74, 6) is -2.26. The van der Waals surface area contributed by atoms with E-state index < -0.39 is 18.5 Å². The van der Waals surface area contributed by atoms with Crippen LogP contribution in [0.15, 0.2) is 18.3 Å². The number of pyridine rings is 1. The van der Waals surface area contributed by atoms with Crippen molar-refractivity contribution in [3.05, 3.63) is 18.3 Å². The number of anilines is 1. The molecule has 0 spiro atoms. The number of carbonyl (C=O) groups excluding carboxylic acids is 1. The second-order valence-electron chi connectivity index (χ2n) is 5.87. The highest BCUT2D eigenvalue weighted by Crippen LogP contribution is 2.27. The predicted molar refractivity (Wildman–Crippen MR) is 77.3 cm³/mol. The van der Waals surface area contributed by atoms with Crippen LogP contribution in [0.25, 0.3) is 0 Å². The zero-order valence-corrected chi connectivity index (χ0v) is 12.2. The van der Waals surface area contributed by atoms with E-state index in [0.29, 0.717) is 11.6 Å². The largest absolute Gasteiger partial charge is 0.474 e. The second-order valence-corrected chi connectivity index (χ2v) is 5.87. The second kappa shape index (κ2) is 6.06. The Bertz CT molecular complexity index is 530. The highest BCUT2D eigenvalue weighted by Gasteiger charge is 2.40. The Balaban J connectivity index is 1.53. The van der Waals surface area contributed by atoms with Gasteiger partial charge in [-0.25, -0.2) is 18.6 Å². The Kier molecular flexibility index (Phi) is 4.13. The minimum absolute atomic E-state index is 0.0646. The van der Waals surface area contributed by atoms with Gasteiger partial charge in [0.2, 0.25) is 5.88 Å². The summed E-state index contributed by atoms with van der Waals surface area (Å²) in [6, 6.07) is 2.83. The van der Waals surface area contributed by atoms with E-state index in [-0.39, 0.29) is 19.1 Å². The van der Waals surface area contributed by atoms with E-state index in [9.17, 15) is 13.6 Å². The molecule has 120 valence electrons. The number of ether oxygens (including phenoxy) is 1. The fourth-order valence-corrected chi connectivity index (χ4v) is 2.81. The number of hydrogen-bond donors (Lipinski definition) is 1. The first-order valence-electron chi connectivity index (χ1n) is 7.58. The number of urea groups is 1. The maximum absolute atomic E-state index is 13.1. The van der Waals surface area contributed by atoms with Gasteiger partial charge in [0.15, 0.2) is 0 Å². The third kappa shape index (κ3) is 3.64. The number of likely N-dealkylation sites (tertiary alicyclic amines) is 1. The number of nitrogens with one attached hydrogen (secondary N) is 1. The van der Waals surface area contributed by atoms with E-state index in [1.165, 1.54) is 19.0 Å². The fourth-order valence-electron chi connectivity index (χ4n) is 2.81. The van der Waals surface area contributed by atoms with Crippen molar-refractivity contribution in [1.82, 2.24) is 9.88 Å². The van der Waals surface area contributed by atoms with Gasteiger partial charge in [-0.1, -0.05) is 0 Å². The summed E-state index contributed by atoms with van der Waals surface area (Å²) in [7, 11) is 0. The van der Waals surface area contributed by atoms with E-state index in [1.54, 1.807) is 12.1 Å². The number of hydrogen-bond acceptors (Lipinski definition) is 3. The van der Waals surface area contributed by atoms with Gasteiger partial charge in [0, 0.05) is 19.0 Å². The van der Waals surface area contributed by atoms with Gasteiger partial charge in [-0.05, 0) is 31.7 Å². The first-order valence-corrected chi connectivity index (χ1v) is 7.58. The van der Waals surface area contributed by atoms with Gasteiger partial charge in [0.05, 0.1) is 18.4 Å².